The number of H-pyrrole nitrogens is 1. The molecule has 2 aliphatic carbocycles. The number of rotatable bonds is 4. The maximum Gasteiger partial charge on any atom is 0.243 e. The zero-order valence-corrected chi connectivity index (χ0v) is 15.3. The van der Waals surface area contributed by atoms with E-state index in [0.29, 0.717) is 21.8 Å². The molecule has 1 aromatic heterocycles. The average Bonchev–Trinajstić information content (AvgIpc) is 3.51. The molecule has 2 aromatic rings. The van der Waals surface area contributed by atoms with Gasteiger partial charge in [0.2, 0.25) is 10.0 Å². The number of nitrogens with zero attached hydrogens (tertiary/aromatic N) is 2. The van der Waals surface area contributed by atoms with E-state index in [2.05, 4.69) is 10.2 Å². The molecule has 2 saturated carbocycles. The van der Waals surface area contributed by atoms with Crippen molar-refractivity contribution in [2.45, 2.75) is 49.1 Å². The number of nitrogens with one attached hydrogen (secondary N) is 1. The second kappa shape index (κ2) is 5.56. The van der Waals surface area contributed by atoms with Crippen LogP contribution < -0.4 is 0 Å². The van der Waals surface area contributed by atoms with Gasteiger partial charge in [-0.25, -0.2) is 8.42 Å². The lowest BCUT2D eigenvalue weighted by atomic mass is 9.91. The molecule has 5 rings (SSSR count). The van der Waals surface area contributed by atoms with E-state index in [1.165, 1.54) is 0 Å². The number of hydrogen-bond donors (Lipinski definition) is 1. The van der Waals surface area contributed by atoms with Crippen molar-refractivity contribution in [2.75, 3.05) is 0 Å². The summed E-state index contributed by atoms with van der Waals surface area (Å²) in [6.07, 6.45) is 6.94. The van der Waals surface area contributed by atoms with Crippen LogP contribution in [0.5, 0.6) is 0 Å². The summed E-state index contributed by atoms with van der Waals surface area (Å²) < 4.78 is 29.0. The second-order valence-electron chi connectivity index (χ2n) is 7.48. The van der Waals surface area contributed by atoms with Gasteiger partial charge < -0.3 is 0 Å². The van der Waals surface area contributed by atoms with Crippen LogP contribution in [0.4, 0.5) is 0 Å². The maximum absolute atomic E-state index is 13.6. The number of hydrogen-bond acceptors (Lipinski definition) is 3. The number of aromatic nitrogens is 2. The smallest absolute Gasteiger partial charge is 0.243 e. The molecule has 2 unspecified atom stereocenters. The van der Waals surface area contributed by atoms with Gasteiger partial charge in [0.25, 0.3) is 0 Å². The number of halogens is 1. The van der Waals surface area contributed by atoms with Crippen LogP contribution in [-0.2, 0) is 16.4 Å². The van der Waals surface area contributed by atoms with E-state index in [4.69, 9.17) is 11.6 Å². The van der Waals surface area contributed by atoms with Crippen molar-refractivity contribution in [3.8, 4) is 0 Å². The fourth-order valence-electron chi connectivity index (χ4n) is 4.17. The highest BCUT2D eigenvalue weighted by molar-refractivity contribution is 7.89. The van der Waals surface area contributed by atoms with Crippen LogP contribution in [0, 0.1) is 11.8 Å². The van der Waals surface area contributed by atoms with E-state index in [1.807, 2.05) is 10.5 Å². The Hall–Kier alpha value is -1.37. The van der Waals surface area contributed by atoms with Crippen molar-refractivity contribution < 1.29 is 8.42 Å². The van der Waals surface area contributed by atoms with Crippen LogP contribution in [0.3, 0.4) is 0 Å². The molecule has 2 atom stereocenters. The van der Waals surface area contributed by atoms with Crippen molar-refractivity contribution in [3.05, 3.63) is 46.7 Å². The van der Waals surface area contributed by atoms with Gasteiger partial charge in [-0.15, -0.1) is 0 Å². The predicted molar refractivity (Wildman–Crippen MR) is 94.7 cm³/mol. The SMILES string of the molecule is O=S(=O)(c1ccc(Cl)cc1)N1C(C2CC2)Cc2[nH]ncc2C1C1CC1. The van der Waals surface area contributed by atoms with Gasteiger partial charge in [0.05, 0.1) is 17.1 Å². The summed E-state index contributed by atoms with van der Waals surface area (Å²) in [5.41, 5.74) is 2.19. The van der Waals surface area contributed by atoms with E-state index in [1.54, 1.807) is 24.3 Å². The lowest BCUT2D eigenvalue weighted by molar-refractivity contribution is 0.189. The normalized spacial score (nSPS) is 27.2. The molecule has 2 heterocycles. The minimum absolute atomic E-state index is 0.0271. The fourth-order valence-corrected chi connectivity index (χ4v) is 6.21. The standard InChI is InChI=1S/C18H20ClN3O2S/c19-13-5-7-14(8-6-13)25(23,24)22-17(11-1-2-11)9-16-15(10-20-21-16)18(22)12-3-4-12/h5-8,10-12,17-18H,1-4,9H2,(H,20,21). The number of benzene rings is 1. The van der Waals surface area contributed by atoms with Gasteiger partial charge in [0, 0.05) is 28.7 Å². The highest BCUT2D eigenvalue weighted by atomic mass is 35.5. The Labute approximate surface area is 152 Å². The molecule has 132 valence electrons. The molecule has 0 radical (unpaired) electrons. The lowest BCUT2D eigenvalue weighted by Crippen LogP contribution is -2.49. The molecule has 7 heteroatoms. The largest absolute Gasteiger partial charge is 0.282 e. The van der Waals surface area contributed by atoms with Gasteiger partial charge >= 0.3 is 0 Å². The third-order valence-corrected chi connectivity index (χ3v) is 7.88. The Morgan fingerprint density at radius 3 is 2.40 bits per heavy atom. The summed E-state index contributed by atoms with van der Waals surface area (Å²) >= 11 is 5.96. The Kier molecular flexibility index (Phi) is 3.53. The molecular formula is C18H20ClN3O2S. The summed E-state index contributed by atoms with van der Waals surface area (Å²) in [4.78, 5) is 0.333. The zero-order chi connectivity index (χ0) is 17.2. The van der Waals surface area contributed by atoms with E-state index >= 15 is 0 Å². The second-order valence-corrected chi connectivity index (χ2v) is 9.76. The average molecular weight is 378 g/mol. The third-order valence-electron chi connectivity index (χ3n) is 5.71. The van der Waals surface area contributed by atoms with Gasteiger partial charge in [-0.1, -0.05) is 11.6 Å². The van der Waals surface area contributed by atoms with Crippen molar-refractivity contribution in [1.82, 2.24) is 14.5 Å². The van der Waals surface area contributed by atoms with Gasteiger partial charge in [0.15, 0.2) is 0 Å². The van der Waals surface area contributed by atoms with Crippen molar-refractivity contribution in [1.29, 1.82) is 0 Å². The van der Waals surface area contributed by atoms with Crippen LogP contribution in [0.2, 0.25) is 5.02 Å². The first-order chi connectivity index (χ1) is 12.1. The molecule has 0 amide bonds. The van der Waals surface area contributed by atoms with Crippen molar-refractivity contribution >= 4 is 21.6 Å². The molecule has 2 fully saturated rings. The molecule has 25 heavy (non-hydrogen) atoms. The molecule has 1 N–H and O–H groups in total. The molecule has 1 aliphatic heterocycles. The minimum atomic E-state index is -3.57. The predicted octanol–water partition coefficient (Wildman–Crippen LogP) is 3.54. The fraction of sp³-hybridized carbons (Fsp3) is 0.500. The molecular weight excluding hydrogens is 358 g/mol. The van der Waals surface area contributed by atoms with Crippen molar-refractivity contribution in [2.24, 2.45) is 11.8 Å². The first-order valence-electron chi connectivity index (χ1n) is 8.87. The Bertz CT molecular complexity index is 901. The molecule has 0 bridgehead atoms. The van der Waals surface area contributed by atoms with Gasteiger partial charge in [-0.3, -0.25) is 5.10 Å². The monoisotopic (exact) mass is 377 g/mol. The van der Waals surface area contributed by atoms with Crippen LogP contribution in [0.25, 0.3) is 0 Å². The molecule has 0 saturated heterocycles. The van der Waals surface area contributed by atoms with Crippen molar-refractivity contribution in [3.63, 3.8) is 0 Å². The summed E-state index contributed by atoms with van der Waals surface area (Å²) in [6, 6.07) is 6.49. The van der Waals surface area contributed by atoms with Gasteiger partial charge in [0.1, 0.15) is 0 Å². The summed E-state index contributed by atoms with van der Waals surface area (Å²) in [5.74, 6) is 0.861. The Morgan fingerprint density at radius 2 is 1.76 bits per heavy atom. The first-order valence-corrected chi connectivity index (χ1v) is 10.7. The van der Waals surface area contributed by atoms with E-state index in [0.717, 1.165) is 43.4 Å². The van der Waals surface area contributed by atoms with E-state index in [9.17, 15) is 8.42 Å². The maximum atomic E-state index is 13.6. The number of sulfonamides is 1. The molecule has 0 spiro atoms. The molecule has 1 aromatic carbocycles. The van der Waals surface area contributed by atoms with Gasteiger partial charge in [-0.05, 0) is 61.8 Å². The Balaban J connectivity index is 1.64. The van der Waals surface area contributed by atoms with E-state index < -0.39 is 10.0 Å². The van der Waals surface area contributed by atoms with Crippen LogP contribution in [-0.4, -0.2) is 29.0 Å². The Morgan fingerprint density at radius 1 is 1.08 bits per heavy atom. The summed E-state index contributed by atoms with van der Waals surface area (Å²) in [6.45, 7) is 0. The van der Waals surface area contributed by atoms with Crippen LogP contribution >= 0.6 is 11.6 Å². The highest BCUT2D eigenvalue weighted by Gasteiger charge is 2.52. The topological polar surface area (TPSA) is 66.1 Å². The summed E-state index contributed by atoms with van der Waals surface area (Å²) in [5, 5.41) is 7.88. The van der Waals surface area contributed by atoms with E-state index in [-0.39, 0.29) is 12.1 Å². The first kappa shape index (κ1) is 15.9. The zero-order valence-electron chi connectivity index (χ0n) is 13.7. The molecule has 5 nitrogen and oxygen atoms in total. The number of fused-ring (bicyclic) bond motifs is 1. The molecule has 3 aliphatic rings. The number of aromatic amines is 1. The van der Waals surface area contributed by atoms with Crippen LogP contribution in [0.1, 0.15) is 43.0 Å². The highest BCUT2D eigenvalue weighted by Crippen LogP contribution is 2.53. The quantitative estimate of drug-likeness (QED) is 0.886. The summed E-state index contributed by atoms with van der Waals surface area (Å²) in [7, 11) is -3.57. The lowest BCUT2D eigenvalue weighted by Gasteiger charge is -2.41. The third kappa shape index (κ3) is 2.62. The van der Waals surface area contributed by atoms with Gasteiger partial charge in [-0.2, -0.15) is 9.40 Å². The van der Waals surface area contributed by atoms with Crippen LogP contribution in [0.15, 0.2) is 35.4 Å². The minimum Gasteiger partial charge on any atom is -0.282 e.